The molecule has 11 heteroatoms. The predicted octanol–water partition coefficient (Wildman–Crippen LogP) is 2.46. The Balaban J connectivity index is 0.00000364. The van der Waals surface area contributed by atoms with Gasteiger partial charge in [0.2, 0.25) is 10.0 Å². The molecule has 0 saturated carbocycles. The fourth-order valence-electron chi connectivity index (χ4n) is 2.13. The maximum absolute atomic E-state index is 11.4. The Morgan fingerprint density at radius 1 is 1.33 bits per heavy atom. The predicted molar refractivity (Wildman–Crippen MR) is 120 cm³/mol. The van der Waals surface area contributed by atoms with Gasteiger partial charge in [-0.15, -0.1) is 35.3 Å². The molecule has 0 aliphatic heterocycles. The zero-order valence-electron chi connectivity index (χ0n) is 14.6. The fraction of sp³-hybridized carbons (Fsp3) is 0.312. The fourth-order valence-corrected chi connectivity index (χ4v) is 3.77. The van der Waals surface area contributed by atoms with Crippen LogP contribution >= 0.6 is 46.9 Å². The molecular weight excluding hydrogens is 523 g/mol. The first-order valence-corrected chi connectivity index (χ1v) is 10.6. The molecule has 1 unspecified atom stereocenters. The van der Waals surface area contributed by atoms with Gasteiger partial charge in [-0.05, 0) is 36.8 Å². The number of aliphatic hydroxyl groups excluding tert-OH is 1. The lowest BCUT2D eigenvalue weighted by atomic mass is 10.2. The Bertz CT molecular complexity index is 874. The van der Waals surface area contributed by atoms with Gasteiger partial charge >= 0.3 is 0 Å². The van der Waals surface area contributed by atoms with Gasteiger partial charge < -0.3 is 15.7 Å². The highest BCUT2D eigenvalue weighted by Gasteiger charge is 2.11. The van der Waals surface area contributed by atoms with Crippen LogP contribution in [0.1, 0.15) is 23.5 Å². The Kier molecular flexibility index (Phi) is 9.98. The van der Waals surface area contributed by atoms with Crippen molar-refractivity contribution in [3.05, 3.63) is 51.2 Å². The minimum atomic E-state index is -3.75. The molecule has 0 aliphatic carbocycles. The van der Waals surface area contributed by atoms with Crippen LogP contribution in [-0.2, 0) is 16.6 Å². The summed E-state index contributed by atoms with van der Waals surface area (Å²) in [6, 6.07) is 9.84. The number of sulfonamides is 1. The lowest BCUT2D eigenvalue weighted by Gasteiger charge is -2.14. The van der Waals surface area contributed by atoms with Crippen LogP contribution in [0.5, 0.6) is 0 Å². The minimum Gasteiger partial charge on any atom is -0.386 e. The van der Waals surface area contributed by atoms with Crippen molar-refractivity contribution in [2.45, 2.75) is 24.5 Å². The topological polar surface area (TPSA) is 117 Å². The number of aliphatic imine (C=N–C) groups is 1. The largest absolute Gasteiger partial charge is 0.386 e. The number of primary sulfonamides is 1. The van der Waals surface area contributed by atoms with Gasteiger partial charge in [0.05, 0.1) is 15.8 Å². The zero-order chi connectivity index (χ0) is 19.2. The summed E-state index contributed by atoms with van der Waals surface area (Å²) >= 11 is 7.20. The summed E-state index contributed by atoms with van der Waals surface area (Å²) in [4.78, 5) is 5.22. The van der Waals surface area contributed by atoms with E-state index in [-0.39, 0.29) is 42.0 Å². The monoisotopic (exact) mass is 544 g/mol. The molecule has 2 aromatic rings. The quantitative estimate of drug-likeness (QED) is 0.243. The number of nitrogens with two attached hydrogens (primary N) is 1. The number of benzene rings is 1. The van der Waals surface area contributed by atoms with Crippen molar-refractivity contribution in [1.29, 1.82) is 0 Å². The van der Waals surface area contributed by atoms with Crippen LogP contribution in [0.2, 0.25) is 4.34 Å². The second-order valence-electron chi connectivity index (χ2n) is 5.43. The molecule has 1 atom stereocenters. The number of hydrogen-bond donors (Lipinski definition) is 4. The van der Waals surface area contributed by atoms with Crippen molar-refractivity contribution in [2.24, 2.45) is 10.1 Å². The van der Waals surface area contributed by atoms with Gasteiger partial charge in [0.1, 0.15) is 6.10 Å². The number of thiophene rings is 1. The second-order valence-corrected chi connectivity index (χ2v) is 8.73. The minimum absolute atomic E-state index is 0. The van der Waals surface area contributed by atoms with Crippen molar-refractivity contribution >= 4 is 62.9 Å². The standard InChI is InChI=1S/C16H21ClN4O3S2.HI/c1-2-19-16(21-10-13(22)14-6-7-15(17)25-14)20-9-11-4-3-5-12(8-11)26(18,23)24;/h3-8,13,22H,2,9-10H2,1H3,(H2,18,23,24)(H2,19,20,21);1H. The maximum Gasteiger partial charge on any atom is 0.238 e. The first-order valence-electron chi connectivity index (χ1n) is 7.87. The van der Waals surface area contributed by atoms with Gasteiger partial charge in [-0.25, -0.2) is 18.5 Å². The SMILES string of the molecule is CCNC(=NCc1cccc(S(N)(=O)=O)c1)NCC(O)c1ccc(Cl)s1.I. The zero-order valence-corrected chi connectivity index (χ0v) is 19.3. The van der Waals surface area contributed by atoms with Crippen LogP contribution in [0.25, 0.3) is 0 Å². The Morgan fingerprint density at radius 3 is 2.67 bits per heavy atom. The highest BCUT2D eigenvalue weighted by molar-refractivity contribution is 14.0. The molecule has 0 amide bonds. The summed E-state index contributed by atoms with van der Waals surface area (Å²) in [6.45, 7) is 3.10. The molecule has 2 rings (SSSR count). The first-order chi connectivity index (χ1) is 12.3. The van der Waals surface area contributed by atoms with E-state index in [1.54, 1.807) is 24.3 Å². The molecule has 1 heterocycles. The molecule has 0 aliphatic rings. The molecule has 27 heavy (non-hydrogen) atoms. The number of nitrogens with one attached hydrogen (secondary N) is 2. The van der Waals surface area contributed by atoms with Crippen LogP contribution in [0, 0.1) is 0 Å². The summed E-state index contributed by atoms with van der Waals surface area (Å²) in [5.41, 5.74) is 0.708. The van der Waals surface area contributed by atoms with Crippen LogP contribution in [0.4, 0.5) is 0 Å². The van der Waals surface area contributed by atoms with Crippen molar-refractivity contribution < 1.29 is 13.5 Å². The van der Waals surface area contributed by atoms with Gasteiger partial charge in [-0.3, -0.25) is 0 Å². The number of rotatable bonds is 7. The summed E-state index contributed by atoms with van der Waals surface area (Å²) in [6.07, 6.45) is -0.706. The Labute approximate surface area is 185 Å². The van der Waals surface area contributed by atoms with Crippen LogP contribution in [0.15, 0.2) is 46.3 Å². The number of guanidine groups is 1. The van der Waals surface area contributed by atoms with Crippen LogP contribution in [-0.4, -0.2) is 32.6 Å². The number of nitrogens with zero attached hydrogens (tertiary/aromatic N) is 1. The van der Waals surface area contributed by atoms with E-state index in [0.717, 1.165) is 4.88 Å². The van der Waals surface area contributed by atoms with E-state index in [1.807, 2.05) is 6.92 Å². The first kappa shape index (κ1) is 24.1. The van der Waals surface area contributed by atoms with Crippen LogP contribution in [0.3, 0.4) is 0 Å². The summed E-state index contributed by atoms with van der Waals surface area (Å²) in [5, 5.41) is 21.5. The van der Waals surface area contributed by atoms with Gasteiger partial charge in [-0.2, -0.15) is 0 Å². The van der Waals surface area contributed by atoms with Crippen molar-refractivity contribution in [2.75, 3.05) is 13.1 Å². The average Bonchev–Trinajstić information content (AvgIpc) is 3.03. The Morgan fingerprint density at radius 2 is 2.07 bits per heavy atom. The molecule has 5 N–H and O–H groups in total. The maximum atomic E-state index is 11.4. The molecule has 7 nitrogen and oxygen atoms in total. The smallest absolute Gasteiger partial charge is 0.238 e. The molecule has 0 fully saturated rings. The van der Waals surface area contributed by atoms with Crippen LogP contribution < -0.4 is 15.8 Å². The molecule has 150 valence electrons. The summed E-state index contributed by atoms with van der Waals surface area (Å²) in [7, 11) is -3.75. The third-order valence-electron chi connectivity index (χ3n) is 3.38. The van der Waals surface area contributed by atoms with E-state index in [0.29, 0.717) is 22.4 Å². The average molecular weight is 545 g/mol. The van der Waals surface area contributed by atoms with Crippen molar-refractivity contribution in [3.63, 3.8) is 0 Å². The van der Waals surface area contributed by atoms with Gasteiger partial charge in [0, 0.05) is 18.0 Å². The highest BCUT2D eigenvalue weighted by Crippen LogP contribution is 2.26. The summed E-state index contributed by atoms with van der Waals surface area (Å²) < 4.78 is 23.5. The van der Waals surface area contributed by atoms with E-state index in [9.17, 15) is 13.5 Å². The highest BCUT2D eigenvalue weighted by atomic mass is 127. The van der Waals surface area contributed by atoms with E-state index < -0.39 is 16.1 Å². The van der Waals surface area contributed by atoms with Crippen molar-refractivity contribution in [1.82, 2.24) is 10.6 Å². The number of hydrogen-bond acceptors (Lipinski definition) is 5. The molecule has 1 aromatic carbocycles. The lowest BCUT2D eigenvalue weighted by molar-refractivity contribution is 0.184. The number of halogens is 2. The number of aliphatic hydroxyl groups is 1. The van der Waals surface area contributed by atoms with E-state index in [4.69, 9.17) is 16.7 Å². The third-order valence-corrected chi connectivity index (χ3v) is 5.62. The van der Waals surface area contributed by atoms with E-state index >= 15 is 0 Å². The molecule has 0 saturated heterocycles. The van der Waals surface area contributed by atoms with Gasteiger partial charge in [0.25, 0.3) is 0 Å². The lowest BCUT2D eigenvalue weighted by Crippen LogP contribution is -2.39. The van der Waals surface area contributed by atoms with Gasteiger partial charge in [-0.1, -0.05) is 23.7 Å². The third kappa shape index (κ3) is 7.92. The molecular formula is C16H22ClIN4O3S2. The molecule has 0 spiro atoms. The van der Waals surface area contributed by atoms with Gasteiger partial charge in [0.15, 0.2) is 5.96 Å². The normalized spacial score (nSPS) is 13.0. The molecule has 1 aromatic heterocycles. The molecule has 0 bridgehead atoms. The van der Waals surface area contributed by atoms with E-state index in [1.165, 1.54) is 23.5 Å². The second kappa shape index (κ2) is 11.2. The summed E-state index contributed by atoms with van der Waals surface area (Å²) in [5.74, 6) is 0.509. The van der Waals surface area contributed by atoms with E-state index in [2.05, 4.69) is 15.6 Å². The Hall–Kier alpha value is -0.920. The molecule has 0 radical (unpaired) electrons. The van der Waals surface area contributed by atoms with Crippen molar-refractivity contribution in [3.8, 4) is 0 Å².